The first-order valence-corrected chi connectivity index (χ1v) is 10.8. The lowest BCUT2D eigenvalue weighted by molar-refractivity contribution is -0.136. The summed E-state index contributed by atoms with van der Waals surface area (Å²) in [7, 11) is 0. The first-order chi connectivity index (χ1) is 13.1. The quantitative estimate of drug-likeness (QED) is 0.772. The number of nitrogens with one attached hydrogen (secondary N) is 2. The van der Waals surface area contributed by atoms with Crippen LogP contribution in [0.25, 0.3) is 0 Å². The lowest BCUT2D eigenvalue weighted by Crippen LogP contribution is -2.55. The number of carbonyl (C=O) groups is 2. The van der Waals surface area contributed by atoms with Gasteiger partial charge in [-0.05, 0) is 55.8 Å². The molecule has 1 aromatic rings. The van der Waals surface area contributed by atoms with Gasteiger partial charge in [0.15, 0.2) is 0 Å². The topological polar surface area (TPSA) is 61.4 Å². The van der Waals surface area contributed by atoms with Crippen molar-refractivity contribution in [3.05, 3.63) is 35.6 Å². The van der Waals surface area contributed by atoms with Crippen molar-refractivity contribution >= 4 is 36.0 Å². The number of rotatable bonds is 3. The molecule has 0 aromatic heterocycles. The van der Waals surface area contributed by atoms with Gasteiger partial charge in [0, 0.05) is 18.8 Å². The summed E-state index contributed by atoms with van der Waals surface area (Å²) < 4.78 is 13.8. The molecule has 4 atom stereocenters. The maximum atomic E-state index is 13.8. The third kappa shape index (κ3) is 4.63. The van der Waals surface area contributed by atoms with Crippen LogP contribution in [-0.4, -0.2) is 59.9 Å². The third-order valence-corrected chi connectivity index (χ3v) is 7.37. The fourth-order valence-corrected chi connectivity index (χ4v) is 5.57. The predicted molar refractivity (Wildman–Crippen MR) is 111 cm³/mol. The van der Waals surface area contributed by atoms with Crippen molar-refractivity contribution in [1.82, 2.24) is 15.5 Å². The van der Waals surface area contributed by atoms with E-state index in [1.54, 1.807) is 18.2 Å². The van der Waals surface area contributed by atoms with Crippen LogP contribution >= 0.6 is 24.2 Å². The van der Waals surface area contributed by atoms with Gasteiger partial charge in [0.1, 0.15) is 11.9 Å². The highest BCUT2D eigenvalue weighted by atomic mass is 35.5. The number of hydrogen-bond donors (Lipinski definition) is 2. The molecule has 8 heteroatoms. The van der Waals surface area contributed by atoms with Crippen LogP contribution in [0.5, 0.6) is 0 Å². The molecule has 0 saturated carbocycles. The predicted octanol–water partition coefficient (Wildman–Crippen LogP) is 1.85. The second kappa shape index (κ2) is 9.46. The number of carbonyl (C=O) groups excluding carboxylic acids is 2. The van der Waals surface area contributed by atoms with E-state index < -0.39 is 6.04 Å². The smallest absolute Gasteiger partial charge is 0.246 e. The molecule has 2 N–H and O–H groups in total. The van der Waals surface area contributed by atoms with Crippen LogP contribution in [-0.2, 0) is 16.0 Å². The Morgan fingerprint density at radius 3 is 2.50 bits per heavy atom. The number of halogens is 2. The molecular weight excluding hydrogens is 401 g/mol. The van der Waals surface area contributed by atoms with E-state index in [9.17, 15) is 14.0 Å². The molecule has 3 fully saturated rings. The van der Waals surface area contributed by atoms with E-state index in [0.717, 1.165) is 39.0 Å². The van der Waals surface area contributed by atoms with Crippen molar-refractivity contribution in [3.63, 3.8) is 0 Å². The molecule has 2 unspecified atom stereocenters. The average molecular weight is 428 g/mol. The lowest BCUT2D eigenvalue weighted by atomic mass is 9.92. The molecule has 3 saturated heterocycles. The van der Waals surface area contributed by atoms with Gasteiger partial charge >= 0.3 is 0 Å². The van der Waals surface area contributed by atoms with Gasteiger partial charge in [0.25, 0.3) is 0 Å². The van der Waals surface area contributed by atoms with Gasteiger partial charge in [-0.25, -0.2) is 4.39 Å². The Balaban J connectivity index is 0.00000225. The van der Waals surface area contributed by atoms with Crippen LogP contribution in [0.2, 0.25) is 0 Å². The van der Waals surface area contributed by atoms with E-state index in [0.29, 0.717) is 29.6 Å². The Morgan fingerprint density at radius 2 is 1.86 bits per heavy atom. The highest BCUT2D eigenvalue weighted by Gasteiger charge is 2.37. The number of thioether (sulfide) groups is 1. The number of nitrogens with zero attached hydrogens (tertiary/aromatic N) is 1. The summed E-state index contributed by atoms with van der Waals surface area (Å²) >= 11 is 1.46. The number of likely N-dealkylation sites (tertiary alicyclic amines) is 1. The molecule has 3 aliphatic heterocycles. The first kappa shape index (κ1) is 21.4. The lowest BCUT2D eigenvalue weighted by Gasteiger charge is -2.32. The van der Waals surface area contributed by atoms with Crippen molar-refractivity contribution in [2.45, 2.75) is 30.6 Å². The first-order valence-electron chi connectivity index (χ1n) is 9.76. The number of amides is 2. The minimum Gasteiger partial charge on any atom is -0.343 e. The fourth-order valence-electron chi connectivity index (χ4n) is 4.40. The Labute approximate surface area is 175 Å². The van der Waals surface area contributed by atoms with Crippen molar-refractivity contribution < 1.29 is 14.0 Å². The van der Waals surface area contributed by atoms with Gasteiger partial charge in [-0.3, -0.25) is 9.59 Å². The van der Waals surface area contributed by atoms with Gasteiger partial charge in [-0.1, -0.05) is 18.2 Å². The van der Waals surface area contributed by atoms with Gasteiger partial charge in [-0.15, -0.1) is 24.2 Å². The minimum atomic E-state index is -0.463. The normalized spacial score (nSPS) is 30.0. The largest absolute Gasteiger partial charge is 0.343 e. The zero-order valence-corrected chi connectivity index (χ0v) is 17.4. The van der Waals surface area contributed by atoms with Crippen LogP contribution in [0.1, 0.15) is 18.4 Å². The Hall–Kier alpha value is -1.31. The minimum absolute atomic E-state index is 0. The Kier molecular flexibility index (Phi) is 7.23. The number of benzene rings is 1. The van der Waals surface area contributed by atoms with Crippen LogP contribution in [0.3, 0.4) is 0 Å². The van der Waals surface area contributed by atoms with Gasteiger partial charge in [-0.2, -0.15) is 0 Å². The van der Waals surface area contributed by atoms with Crippen molar-refractivity contribution in [2.75, 3.05) is 31.9 Å². The molecule has 1 aromatic carbocycles. The molecule has 3 aliphatic rings. The number of hydrogen-bond acceptors (Lipinski definition) is 4. The van der Waals surface area contributed by atoms with Crippen LogP contribution in [0.4, 0.5) is 4.39 Å². The summed E-state index contributed by atoms with van der Waals surface area (Å²) in [6, 6.07) is 6.09. The Morgan fingerprint density at radius 1 is 1.18 bits per heavy atom. The molecular formula is C20H27ClFN3O2S. The standard InChI is InChI=1S/C20H26FN3O2S.ClH/c21-16-4-2-1-3-13(16)9-18-19(25)23-17(12-27-18)20(26)24-7-5-14-10-22-11-15(14)6-8-24;/h1-4,14-15,17-18,22H,5-12H2,(H,23,25);1H/t14-,15+,17?,18?;. The average Bonchev–Trinajstić information content (AvgIpc) is 3.03. The van der Waals surface area contributed by atoms with E-state index in [2.05, 4.69) is 10.6 Å². The third-order valence-electron chi connectivity index (χ3n) is 6.07. The monoisotopic (exact) mass is 427 g/mol. The van der Waals surface area contributed by atoms with E-state index in [1.807, 2.05) is 4.90 Å². The highest BCUT2D eigenvalue weighted by Crippen LogP contribution is 2.28. The van der Waals surface area contributed by atoms with Crippen LogP contribution in [0, 0.1) is 17.7 Å². The molecule has 3 heterocycles. The van der Waals surface area contributed by atoms with E-state index in [4.69, 9.17) is 0 Å². The fraction of sp³-hybridized carbons (Fsp3) is 0.600. The summed E-state index contributed by atoms with van der Waals surface area (Å²) in [6.07, 6.45) is 2.42. The molecule has 28 heavy (non-hydrogen) atoms. The summed E-state index contributed by atoms with van der Waals surface area (Å²) in [5.74, 6) is 1.48. The molecule has 2 amide bonds. The van der Waals surface area contributed by atoms with Crippen molar-refractivity contribution in [2.24, 2.45) is 11.8 Å². The number of fused-ring (bicyclic) bond motifs is 1. The van der Waals surface area contributed by atoms with E-state index in [1.165, 1.54) is 17.8 Å². The highest BCUT2D eigenvalue weighted by molar-refractivity contribution is 8.00. The van der Waals surface area contributed by atoms with Crippen molar-refractivity contribution in [1.29, 1.82) is 0 Å². The molecule has 0 radical (unpaired) electrons. The van der Waals surface area contributed by atoms with Crippen LogP contribution < -0.4 is 10.6 Å². The molecule has 5 nitrogen and oxygen atoms in total. The van der Waals surface area contributed by atoms with Gasteiger partial charge in [0.2, 0.25) is 11.8 Å². The van der Waals surface area contributed by atoms with Gasteiger partial charge < -0.3 is 15.5 Å². The maximum Gasteiger partial charge on any atom is 0.246 e. The Bertz CT molecular complexity index is 708. The molecule has 154 valence electrons. The summed E-state index contributed by atoms with van der Waals surface area (Å²) in [5, 5.41) is 5.99. The van der Waals surface area contributed by atoms with Crippen molar-refractivity contribution in [3.8, 4) is 0 Å². The van der Waals surface area contributed by atoms with Crippen LogP contribution in [0.15, 0.2) is 24.3 Å². The van der Waals surface area contributed by atoms with E-state index in [-0.39, 0.29) is 35.3 Å². The maximum absolute atomic E-state index is 13.8. The zero-order valence-electron chi connectivity index (χ0n) is 15.7. The SMILES string of the molecule is Cl.O=C1NC(C(=O)N2CC[C@@H]3CNC[C@@H]3CC2)CSC1Cc1ccccc1F. The van der Waals surface area contributed by atoms with E-state index >= 15 is 0 Å². The molecule has 0 bridgehead atoms. The summed E-state index contributed by atoms with van der Waals surface area (Å²) in [6.45, 7) is 3.66. The van der Waals surface area contributed by atoms with Gasteiger partial charge in [0.05, 0.1) is 5.25 Å². The second-order valence-electron chi connectivity index (χ2n) is 7.76. The second-order valence-corrected chi connectivity index (χ2v) is 9.00. The molecule has 0 spiro atoms. The molecule has 4 rings (SSSR count). The molecule has 0 aliphatic carbocycles. The zero-order chi connectivity index (χ0) is 18.8. The summed E-state index contributed by atoms with van der Waals surface area (Å²) in [5.41, 5.74) is 0.544. The summed E-state index contributed by atoms with van der Waals surface area (Å²) in [4.78, 5) is 27.3.